The molecule has 1 amide bonds. The molecule has 1 aromatic heterocycles. The summed E-state index contributed by atoms with van der Waals surface area (Å²) in [5, 5.41) is 9.84. The summed E-state index contributed by atoms with van der Waals surface area (Å²) in [5.74, 6) is -0.345. The van der Waals surface area contributed by atoms with E-state index >= 15 is 0 Å². The third kappa shape index (κ3) is 5.06. The fourth-order valence-electron chi connectivity index (χ4n) is 3.66. The molecule has 1 saturated heterocycles. The summed E-state index contributed by atoms with van der Waals surface area (Å²) in [6, 6.07) is 7.61. The van der Waals surface area contributed by atoms with Crippen LogP contribution in [0.25, 0.3) is 15.7 Å². The number of hydrogen-bond acceptors (Lipinski definition) is 5. The van der Waals surface area contributed by atoms with Crippen LogP contribution in [0.1, 0.15) is 12.8 Å². The van der Waals surface area contributed by atoms with Gasteiger partial charge in [0.25, 0.3) is 0 Å². The minimum atomic E-state index is -0.537. The molecule has 1 aliphatic rings. The highest BCUT2D eigenvalue weighted by Crippen LogP contribution is 2.39. The monoisotopic (exact) mass is 465 g/mol. The SMILES string of the molecule is [C-]#[N+]c1cnc2cc(OC)c(NC(=O)C=C3CCNCC3)cc2c1Nc1ccc(F)c(Cl)c1. The largest absolute Gasteiger partial charge is 0.494 e. The summed E-state index contributed by atoms with van der Waals surface area (Å²) in [6.45, 7) is 9.25. The molecule has 7 nitrogen and oxygen atoms in total. The Bertz CT molecular complexity index is 1290. The maximum atomic E-state index is 13.6. The van der Waals surface area contributed by atoms with E-state index in [0.29, 0.717) is 33.7 Å². The molecule has 4 rings (SSSR count). The minimum Gasteiger partial charge on any atom is -0.494 e. The van der Waals surface area contributed by atoms with E-state index in [1.54, 1.807) is 18.2 Å². The number of carbonyl (C=O) groups is 1. The summed E-state index contributed by atoms with van der Waals surface area (Å²) in [5.41, 5.74) is 3.33. The van der Waals surface area contributed by atoms with E-state index in [2.05, 4.69) is 25.8 Å². The number of carbonyl (C=O) groups excluding carboxylic acids is 1. The molecular weight excluding hydrogens is 445 g/mol. The predicted molar refractivity (Wildman–Crippen MR) is 128 cm³/mol. The molecule has 0 atom stereocenters. The lowest BCUT2D eigenvalue weighted by Gasteiger charge is -2.17. The molecule has 0 radical (unpaired) electrons. The summed E-state index contributed by atoms with van der Waals surface area (Å²) >= 11 is 5.91. The highest BCUT2D eigenvalue weighted by Gasteiger charge is 2.16. The van der Waals surface area contributed by atoms with Crippen molar-refractivity contribution < 1.29 is 13.9 Å². The van der Waals surface area contributed by atoms with Crippen molar-refractivity contribution in [1.29, 1.82) is 0 Å². The second-order valence-corrected chi connectivity index (χ2v) is 7.90. The van der Waals surface area contributed by atoms with Crippen LogP contribution in [0.5, 0.6) is 5.75 Å². The van der Waals surface area contributed by atoms with Gasteiger partial charge in [0.15, 0.2) is 0 Å². The van der Waals surface area contributed by atoms with Gasteiger partial charge in [-0.25, -0.2) is 9.24 Å². The third-order valence-corrected chi connectivity index (χ3v) is 5.61. The lowest BCUT2D eigenvalue weighted by Crippen LogP contribution is -2.24. The highest BCUT2D eigenvalue weighted by atomic mass is 35.5. The fourth-order valence-corrected chi connectivity index (χ4v) is 3.84. The molecule has 33 heavy (non-hydrogen) atoms. The first-order valence-electron chi connectivity index (χ1n) is 10.3. The van der Waals surface area contributed by atoms with Crippen LogP contribution >= 0.6 is 11.6 Å². The van der Waals surface area contributed by atoms with Crippen LogP contribution in [-0.2, 0) is 4.79 Å². The number of amides is 1. The van der Waals surface area contributed by atoms with Crippen molar-refractivity contribution in [2.45, 2.75) is 12.8 Å². The minimum absolute atomic E-state index is 0.0386. The van der Waals surface area contributed by atoms with Crippen molar-refractivity contribution in [2.75, 3.05) is 30.8 Å². The van der Waals surface area contributed by atoms with E-state index in [1.807, 2.05) is 0 Å². The molecule has 0 spiro atoms. The number of fused-ring (bicyclic) bond motifs is 1. The van der Waals surface area contributed by atoms with Gasteiger partial charge in [0.05, 0.1) is 35.6 Å². The van der Waals surface area contributed by atoms with Crippen LogP contribution in [0.2, 0.25) is 5.02 Å². The quantitative estimate of drug-likeness (QED) is 0.338. The zero-order valence-corrected chi connectivity index (χ0v) is 18.6. The Balaban J connectivity index is 1.75. The van der Waals surface area contributed by atoms with Gasteiger partial charge in [-0.3, -0.25) is 9.78 Å². The molecule has 2 heterocycles. The standard InChI is InChI=1S/C24H21ClFN5O2/c1-27-21-13-29-19-12-22(33-2)20(31-23(32)9-14-5-7-28-8-6-14)11-16(19)24(21)30-15-3-4-18(26)17(25)10-15/h3-4,9-13,28H,5-8H2,2H3,(H,29,30)(H,31,32). The molecule has 168 valence electrons. The zero-order chi connectivity index (χ0) is 23.4. The Morgan fingerprint density at radius 2 is 2.09 bits per heavy atom. The Morgan fingerprint density at radius 3 is 2.79 bits per heavy atom. The number of anilines is 3. The molecule has 3 N–H and O–H groups in total. The topological polar surface area (TPSA) is 79.6 Å². The Labute approximate surface area is 195 Å². The van der Waals surface area contributed by atoms with Gasteiger partial charge in [-0.2, -0.15) is 0 Å². The van der Waals surface area contributed by atoms with Gasteiger partial charge in [-0.05, 0) is 50.2 Å². The first-order valence-corrected chi connectivity index (χ1v) is 10.7. The van der Waals surface area contributed by atoms with E-state index < -0.39 is 5.82 Å². The Morgan fingerprint density at radius 1 is 1.30 bits per heavy atom. The van der Waals surface area contributed by atoms with Crippen molar-refractivity contribution in [2.24, 2.45) is 0 Å². The summed E-state index contributed by atoms with van der Waals surface area (Å²) in [7, 11) is 1.51. The van der Waals surface area contributed by atoms with E-state index in [0.717, 1.165) is 31.5 Å². The highest BCUT2D eigenvalue weighted by molar-refractivity contribution is 6.31. The first kappa shape index (κ1) is 22.5. The number of nitrogens with zero attached hydrogens (tertiary/aromatic N) is 2. The average Bonchev–Trinajstić information content (AvgIpc) is 2.82. The van der Waals surface area contributed by atoms with Crippen molar-refractivity contribution in [3.05, 3.63) is 70.4 Å². The van der Waals surface area contributed by atoms with E-state index in [4.69, 9.17) is 22.9 Å². The number of benzene rings is 2. The first-order chi connectivity index (χ1) is 16.0. The summed E-state index contributed by atoms with van der Waals surface area (Å²) in [6.07, 6.45) is 4.73. The number of methoxy groups -OCH3 is 1. The van der Waals surface area contributed by atoms with Gasteiger partial charge in [-0.1, -0.05) is 17.2 Å². The van der Waals surface area contributed by atoms with Crippen molar-refractivity contribution in [3.63, 3.8) is 0 Å². The zero-order valence-electron chi connectivity index (χ0n) is 17.8. The van der Waals surface area contributed by atoms with Crippen molar-refractivity contribution >= 4 is 51.2 Å². The molecule has 0 aliphatic carbocycles. The molecule has 1 aliphatic heterocycles. The van der Waals surface area contributed by atoms with Crippen LogP contribution in [-0.4, -0.2) is 31.1 Å². The number of halogens is 2. The molecule has 0 saturated carbocycles. The number of nitrogens with one attached hydrogen (secondary N) is 3. The molecule has 9 heteroatoms. The summed E-state index contributed by atoms with van der Waals surface area (Å²) in [4.78, 5) is 20.6. The smallest absolute Gasteiger partial charge is 0.248 e. The van der Waals surface area contributed by atoms with Gasteiger partial charge in [-0.15, -0.1) is 0 Å². The molecular formula is C24H21ClFN5O2. The number of aromatic nitrogens is 1. The van der Waals surface area contributed by atoms with Crippen LogP contribution in [0.15, 0.2) is 48.2 Å². The van der Waals surface area contributed by atoms with Gasteiger partial charge in [0.2, 0.25) is 11.6 Å². The molecule has 3 aromatic rings. The van der Waals surface area contributed by atoms with E-state index in [9.17, 15) is 9.18 Å². The van der Waals surface area contributed by atoms with Gasteiger partial charge in [0, 0.05) is 29.4 Å². The lowest BCUT2D eigenvalue weighted by atomic mass is 10.1. The Hall–Kier alpha value is -3.67. The molecule has 1 fully saturated rings. The van der Waals surface area contributed by atoms with Crippen molar-refractivity contribution in [3.8, 4) is 5.75 Å². The van der Waals surface area contributed by atoms with Crippen LogP contribution in [0, 0.1) is 12.4 Å². The van der Waals surface area contributed by atoms with Crippen LogP contribution in [0.4, 0.5) is 27.1 Å². The maximum Gasteiger partial charge on any atom is 0.248 e. The van der Waals surface area contributed by atoms with Gasteiger partial charge in [0.1, 0.15) is 11.6 Å². The van der Waals surface area contributed by atoms with Crippen LogP contribution in [0.3, 0.4) is 0 Å². The number of pyridine rings is 1. The van der Waals surface area contributed by atoms with Gasteiger partial charge >= 0.3 is 0 Å². The second-order valence-electron chi connectivity index (χ2n) is 7.50. The normalized spacial score (nSPS) is 13.3. The summed E-state index contributed by atoms with van der Waals surface area (Å²) < 4.78 is 19.0. The van der Waals surface area contributed by atoms with Gasteiger partial charge < -0.3 is 20.7 Å². The Kier molecular flexibility index (Phi) is 6.73. The fraction of sp³-hybridized carbons (Fsp3) is 0.208. The average molecular weight is 466 g/mol. The maximum absolute atomic E-state index is 13.6. The number of piperidine rings is 1. The van der Waals surface area contributed by atoms with E-state index in [1.165, 1.54) is 31.5 Å². The number of rotatable bonds is 5. The van der Waals surface area contributed by atoms with E-state index in [-0.39, 0.29) is 16.6 Å². The molecule has 2 aromatic carbocycles. The predicted octanol–water partition coefficient (Wildman–Crippen LogP) is 5.58. The lowest BCUT2D eigenvalue weighted by molar-refractivity contribution is -0.112. The third-order valence-electron chi connectivity index (χ3n) is 5.32. The number of hydrogen-bond donors (Lipinski definition) is 3. The van der Waals surface area contributed by atoms with Crippen molar-refractivity contribution in [1.82, 2.24) is 10.3 Å². The van der Waals surface area contributed by atoms with Crippen LogP contribution < -0.4 is 20.7 Å². The second kappa shape index (κ2) is 9.86. The molecule has 0 unspecified atom stereocenters. The number of ether oxygens (including phenoxy) is 1. The molecule has 0 bridgehead atoms.